The van der Waals surface area contributed by atoms with Crippen molar-refractivity contribution in [2.24, 2.45) is 11.8 Å². The van der Waals surface area contributed by atoms with Crippen LogP contribution in [-0.4, -0.2) is 115 Å². The molecular formula is C43H56ClN3O8. The molecule has 0 aromatic heterocycles. The highest BCUT2D eigenvalue weighted by Gasteiger charge is 2.29. The third kappa shape index (κ3) is 12.5. The molecule has 0 radical (unpaired) electrons. The smallest absolute Gasteiger partial charge is 0.247 e. The van der Waals surface area contributed by atoms with Gasteiger partial charge in [0.05, 0.1) is 42.7 Å². The van der Waals surface area contributed by atoms with Crippen molar-refractivity contribution in [2.45, 2.75) is 44.6 Å². The number of nitrogens with zero attached hydrogens (tertiary/aromatic N) is 3. The van der Waals surface area contributed by atoms with Gasteiger partial charge in [0.15, 0.2) is 23.0 Å². The third-order valence-corrected chi connectivity index (χ3v) is 10.2. The number of methoxy groups -OCH3 is 6. The molecule has 0 saturated carbocycles. The number of carbonyl (C=O) groups excluding carboxylic acids is 2. The van der Waals surface area contributed by atoms with Gasteiger partial charge in [-0.15, -0.1) is 12.4 Å². The van der Waals surface area contributed by atoms with E-state index >= 15 is 0 Å². The molecule has 2 saturated heterocycles. The van der Waals surface area contributed by atoms with Crippen molar-refractivity contribution in [1.29, 1.82) is 0 Å². The quantitative estimate of drug-likeness (QED) is 0.183. The normalized spacial score (nSPS) is 15.4. The lowest BCUT2D eigenvalue weighted by Gasteiger charge is -2.38. The second-order valence-electron chi connectivity index (χ2n) is 13.7. The zero-order valence-electron chi connectivity index (χ0n) is 33.4. The summed E-state index contributed by atoms with van der Waals surface area (Å²) in [6.45, 7) is 2.98. The van der Waals surface area contributed by atoms with E-state index in [1.807, 2.05) is 9.80 Å². The van der Waals surface area contributed by atoms with Gasteiger partial charge in [0.2, 0.25) is 23.3 Å². The maximum atomic E-state index is 12.9. The van der Waals surface area contributed by atoms with Gasteiger partial charge in [-0.1, -0.05) is 23.7 Å². The number of halogens is 1. The third-order valence-electron chi connectivity index (χ3n) is 10.2. The van der Waals surface area contributed by atoms with Crippen LogP contribution < -0.4 is 28.4 Å². The van der Waals surface area contributed by atoms with Crippen LogP contribution in [0.1, 0.15) is 49.7 Å². The predicted molar refractivity (Wildman–Crippen MR) is 217 cm³/mol. The molecule has 11 nitrogen and oxygen atoms in total. The largest absolute Gasteiger partial charge is 0.493 e. The maximum absolute atomic E-state index is 12.9. The Hall–Kier alpha value is -4.97. The Morgan fingerprint density at radius 2 is 0.964 bits per heavy atom. The standard InChI is InChI=1S/C43H55N3O8.ClH/c1-44(2)35(25-31-17-21-45(22-18-31)40(47)15-11-9-13-33-27-36(49-3)42(53-7)37(28-33)50-4)26-32-19-23-46(24-20-32)41(48)16-12-10-14-34-29-38(51-5)43(54-8)39(30-34)52-6;/h11-12,15-16,27-32,35H,17-26H2,1-8H3;1H. The molecule has 0 N–H and O–H groups in total. The van der Waals surface area contributed by atoms with Crippen LogP contribution in [0.5, 0.6) is 34.5 Å². The van der Waals surface area contributed by atoms with Crippen molar-refractivity contribution < 1.29 is 38.0 Å². The molecule has 12 heteroatoms. The summed E-state index contributed by atoms with van der Waals surface area (Å²) >= 11 is 0. The molecule has 0 atom stereocenters. The zero-order valence-corrected chi connectivity index (χ0v) is 34.3. The Kier molecular flexibility index (Phi) is 18.1. The SMILES string of the molecule is COc1cc(C#CC=CC(=O)N2CCC(CC(CC3CCN(C(=O)C=CC#Cc4cc(OC)c(OC)c(OC)c4)CC3)N(C)C)CC2)cc(OC)c1OC.Cl. The number of allylic oxidation sites excluding steroid dienone is 2. The molecule has 2 aliphatic heterocycles. The van der Waals surface area contributed by atoms with Gasteiger partial charge in [0.25, 0.3) is 0 Å². The predicted octanol–water partition coefficient (Wildman–Crippen LogP) is 5.86. The number of benzene rings is 2. The minimum absolute atomic E-state index is 0. The van der Waals surface area contributed by atoms with Crippen LogP contribution in [0.25, 0.3) is 0 Å². The van der Waals surface area contributed by atoms with E-state index in [-0.39, 0.29) is 24.2 Å². The second kappa shape index (κ2) is 22.4. The Morgan fingerprint density at radius 1 is 0.636 bits per heavy atom. The first-order valence-corrected chi connectivity index (χ1v) is 18.3. The Bertz CT molecular complexity index is 1600. The molecule has 2 aromatic carbocycles. The van der Waals surface area contributed by atoms with Gasteiger partial charge in [-0.2, -0.15) is 0 Å². The van der Waals surface area contributed by atoms with Crippen LogP contribution >= 0.6 is 12.4 Å². The summed E-state index contributed by atoms with van der Waals surface area (Å²) in [5.41, 5.74) is 1.39. The second-order valence-corrected chi connectivity index (χ2v) is 13.7. The topological polar surface area (TPSA) is 99.2 Å². The summed E-state index contributed by atoms with van der Waals surface area (Å²) in [7, 11) is 13.7. The highest BCUT2D eigenvalue weighted by molar-refractivity contribution is 5.88. The number of carbonyl (C=O) groups is 2. The molecule has 4 rings (SSSR count). The van der Waals surface area contributed by atoms with E-state index < -0.39 is 0 Å². The Morgan fingerprint density at radius 3 is 1.24 bits per heavy atom. The van der Waals surface area contributed by atoms with E-state index in [4.69, 9.17) is 28.4 Å². The minimum Gasteiger partial charge on any atom is -0.493 e. The molecule has 2 fully saturated rings. The number of hydrogen-bond donors (Lipinski definition) is 0. The fraction of sp³-hybridized carbons (Fsp3) is 0.488. The molecule has 2 aliphatic rings. The summed E-state index contributed by atoms with van der Waals surface area (Å²) in [4.78, 5) is 32.0. The molecule has 0 bridgehead atoms. The van der Waals surface area contributed by atoms with Crippen LogP contribution in [0.3, 0.4) is 0 Å². The van der Waals surface area contributed by atoms with E-state index in [1.165, 1.54) is 0 Å². The highest BCUT2D eigenvalue weighted by atomic mass is 35.5. The first-order valence-electron chi connectivity index (χ1n) is 18.3. The molecule has 2 heterocycles. The van der Waals surface area contributed by atoms with Crippen LogP contribution in [0, 0.1) is 35.5 Å². The fourth-order valence-corrected chi connectivity index (χ4v) is 7.06. The van der Waals surface area contributed by atoms with E-state index in [0.29, 0.717) is 63.5 Å². The number of ether oxygens (including phenoxy) is 6. The molecule has 0 aliphatic carbocycles. The molecule has 0 unspecified atom stereocenters. The van der Waals surface area contributed by atoms with Gasteiger partial charge in [0.1, 0.15) is 0 Å². The number of rotatable bonds is 13. The van der Waals surface area contributed by atoms with Crippen LogP contribution in [-0.2, 0) is 9.59 Å². The van der Waals surface area contributed by atoms with Gasteiger partial charge >= 0.3 is 0 Å². The average Bonchev–Trinajstić information content (AvgIpc) is 3.20. The average molecular weight is 778 g/mol. The molecule has 0 spiro atoms. The van der Waals surface area contributed by atoms with Crippen LogP contribution in [0.4, 0.5) is 0 Å². The lowest BCUT2D eigenvalue weighted by atomic mass is 9.83. The molecular weight excluding hydrogens is 722 g/mol. The van der Waals surface area contributed by atoms with Crippen molar-refractivity contribution in [3.8, 4) is 58.2 Å². The zero-order chi connectivity index (χ0) is 39.0. The van der Waals surface area contributed by atoms with Gasteiger partial charge < -0.3 is 43.1 Å². The first kappa shape index (κ1) is 44.4. The van der Waals surface area contributed by atoms with E-state index in [0.717, 1.165) is 64.7 Å². The molecule has 2 aromatic rings. The van der Waals surface area contributed by atoms with Crippen molar-refractivity contribution in [1.82, 2.24) is 14.7 Å². The van der Waals surface area contributed by atoms with Gasteiger partial charge in [-0.05, 0) is 101 Å². The summed E-state index contributed by atoms with van der Waals surface area (Å²) in [5.74, 6) is 16.2. The van der Waals surface area contributed by atoms with Gasteiger partial charge in [-0.25, -0.2) is 0 Å². The Labute approximate surface area is 333 Å². The number of piperidine rings is 2. The Balaban J connectivity index is 0.00000812. The summed E-state index contributed by atoms with van der Waals surface area (Å²) < 4.78 is 32.3. The monoisotopic (exact) mass is 777 g/mol. The lowest BCUT2D eigenvalue weighted by molar-refractivity contribution is -0.128. The lowest BCUT2D eigenvalue weighted by Crippen LogP contribution is -2.41. The molecule has 2 amide bonds. The summed E-state index contributed by atoms with van der Waals surface area (Å²) in [5, 5.41) is 0. The van der Waals surface area contributed by atoms with Crippen molar-refractivity contribution in [2.75, 3.05) is 82.9 Å². The van der Waals surface area contributed by atoms with Crippen molar-refractivity contribution >= 4 is 24.2 Å². The van der Waals surface area contributed by atoms with E-state index in [2.05, 4.69) is 42.7 Å². The molecule has 55 heavy (non-hydrogen) atoms. The maximum Gasteiger partial charge on any atom is 0.247 e. The van der Waals surface area contributed by atoms with E-state index in [1.54, 1.807) is 91.2 Å². The number of amides is 2. The summed E-state index contributed by atoms with van der Waals surface area (Å²) in [6, 6.07) is 7.56. The van der Waals surface area contributed by atoms with Gasteiger partial charge in [-0.3, -0.25) is 9.59 Å². The number of hydrogen-bond acceptors (Lipinski definition) is 9. The van der Waals surface area contributed by atoms with Crippen LogP contribution in [0.2, 0.25) is 0 Å². The minimum atomic E-state index is -0.0152. The first-order chi connectivity index (χ1) is 26.1. The van der Waals surface area contributed by atoms with Gasteiger partial charge in [0, 0.05) is 55.5 Å². The number of likely N-dealkylation sites (tertiary alicyclic amines) is 2. The fourth-order valence-electron chi connectivity index (χ4n) is 7.06. The van der Waals surface area contributed by atoms with Crippen molar-refractivity contribution in [3.05, 3.63) is 59.7 Å². The van der Waals surface area contributed by atoms with Crippen molar-refractivity contribution in [3.63, 3.8) is 0 Å². The van der Waals surface area contributed by atoms with E-state index in [9.17, 15) is 9.59 Å². The highest BCUT2D eigenvalue weighted by Crippen LogP contribution is 2.39. The van der Waals surface area contributed by atoms with Crippen LogP contribution in [0.15, 0.2) is 48.6 Å². The summed E-state index contributed by atoms with van der Waals surface area (Å²) in [6.07, 6.45) is 12.5. The molecule has 298 valence electrons.